The normalized spacial score (nSPS) is 10.1. The van der Waals surface area contributed by atoms with Crippen molar-refractivity contribution in [1.29, 1.82) is 5.26 Å². The van der Waals surface area contributed by atoms with Crippen LogP contribution in [0.2, 0.25) is 0 Å². The minimum absolute atomic E-state index is 0.669. The average Bonchev–Trinajstić information content (AvgIpc) is 1.67. The second kappa shape index (κ2) is 2.64. The predicted octanol–water partition coefficient (Wildman–Crippen LogP) is -0.563. The van der Waals surface area contributed by atoms with Gasteiger partial charge < -0.3 is 10.8 Å². The van der Waals surface area contributed by atoms with Crippen LogP contribution >= 0.6 is 0 Å². The molecule has 0 aromatic heterocycles. The zero-order valence-corrected chi connectivity index (χ0v) is 3.96. The van der Waals surface area contributed by atoms with Crippen LogP contribution in [0.1, 0.15) is 0 Å². The molecule has 0 aliphatic rings. The topological polar surface area (TPSA) is 87.1 Å². The van der Waals surface area contributed by atoms with Crippen molar-refractivity contribution in [3.05, 3.63) is 11.8 Å². The van der Waals surface area contributed by atoms with Crippen molar-refractivity contribution < 1.29 is 9.90 Å². The first-order chi connectivity index (χ1) is 3.68. The molecule has 0 heterocycles. The number of hydrogen-bond acceptors (Lipinski definition) is 3. The van der Waals surface area contributed by atoms with Gasteiger partial charge in [-0.3, -0.25) is 4.79 Å². The highest BCUT2D eigenvalue weighted by molar-refractivity contribution is 5.89. The molecule has 0 bridgehead atoms. The summed E-state index contributed by atoms with van der Waals surface area (Å²) >= 11 is 0. The van der Waals surface area contributed by atoms with Crippen molar-refractivity contribution in [2.75, 3.05) is 0 Å². The minimum Gasteiger partial charge on any atom is -0.503 e. The third-order valence-electron chi connectivity index (χ3n) is 0.454. The number of nitrogens with two attached hydrogens (primary N) is 1. The fourth-order valence-electron chi connectivity index (χ4n) is 0.132. The molecule has 0 rings (SSSR count). The molecule has 0 saturated carbocycles. The van der Waals surface area contributed by atoms with Gasteiger partial charge in [-0.15, -0.1) is 0 Å². The summed E-state index contributed by atoms with van der Waals surface area (Å²) in [5, 5.41) is 16.1. The Morgan fingerprint density at radius 1 is 1.88 bits per heavy atom. The lowest BCUT2D eigenvalue weighted by Crippen LogP contribution is -2.12. The van der Waals surface area contributed by atoms with Crippen LogP contribution in [0.3, 0.4) is 0 Å². The number of carbonyl (C=O) groups excluding carboxylic acids is 1. The summed E-state index contributed by atoms with van der Waals surface area (Å²) in [4.78, 5) is 9.84. The molecule has 0 unspecified atom stereocenters. The van der Waals surface area contributed by atoms with E-state index in [0.29, 0.717) is 6.08 Å². The van der Waals surface area contributed by atoms with Crippen LogP contribution in [-0.4, -0.2) is 11.0 Å². The van der Waals surface area contributed by atoms with Crippen molar-refractivity contribution >= 4 is 5.91 Å². The minimum atomic E-state index is -0.994. The van der Waals surface area contributed by atoms with E-state index in [-0.39, 0.29) is 0 Å². The first kappa shape index (κ1) is 6.50. The molecule has 8 heavy (non-hydrogen) atoms. The van der Waals surface area contributed by atoms with Crippen LogP contribution in [0.5, 0.6) is 0 Å². The largest absolute Gasteiger partial charge is 0.503 e. The molecule has 0 aromatic carbocycles. The van der Waals surface area contributed by atoms with Gasteiger partial charge in [-0.2, -0.15) is 5.26 Å². The number of nitriles is 1. The molecule has 1 amide bonds. The van der Waals surface area contributed by atoms with E-state index in [4.69, 9.17) is 10.4 Å². The van der Waals surface area contributed by atoms with Crippen LogP contribution in [-0.2, 0) is 4.79 Å². The molecule has 0 aliphatic heterocycles. The molecule has 0 aromatic rings. The lowest BCUT2D eigenvalue weighted by molar-refractivity contribution is -0.116. The van der Waals surface area contributed by atoms with Gasteiger partial charge in [0.1, 0.15) is 0 Å². The molecule has 0 spiro atoms. The summed E-state index contributed by atoms with van der Waals surface area (Å²) in [5.74, 6) is -1.71. The molecule has 0 radical (unpaired) electrons. The van der Waals surface area contributed by atoms with E-state index in [2.05, 4.69) is 5.73 Å². The third kappa shape index (κ3) is 1.82. The van der Waals surface area contributed by atoms with Gasteiger partial charge in [-0.25, -0.2) is 0 Å². The monoisotopic (exact) mass is 112 g/mol. The Morgan fingerprint density at radius 2 is 2.38 bits per heavy atom. The van der Waals surface area contributed by atoms with E-state index in [9.17, 15) is 4.79 Å². The van der Waals surface area contributed by atoms with Gasteiger partial charge in [0.25, 0.3) is 5.91 Å². The SMILES string of the molecule is N#CC=C(O)C(N)=O. The standard InChI is InChI=1S/C4H4N2O2/c5-2-1-3(7)4(6)8/h1,7H,(H2,6,8). The maximum Gasteiger partial charge on any atom is 0.284 e. The lowest BCUT2D eigenvalue weighted by atomic mass is 10.4. The van der Waals surface area contributed by atoms with Gasteiger partial charge in [-0.05, 0) is 0 Å². The fraction of sp³-hybridized carbons (Fsp3) is 0. The first-order valence-corrected chi connectivity index (χ1v) is 1.77. The lowest BCUT2D eigenvalue weighted by Gasteiger charge is -1.83. The third-order valence-corrected chi connectivity index (χ3v) is 0.454. The van der Waals surface area contributed by atoms with Gasteiger partial charge in [0.05, 0.1) is 12.1 Å². The second-order valence-corrected chi connectivity index (χ2v) is 1.02. The van der Waals surface area contributed by atoms with Crippen LogP contribution in [0.4, 0.5) is 0 Å². The molecule has 3 N–H and O–H groups in total. The van der Waals surface area contributed by atoms with Gasteiger partial charge in [-0.1, -0.05) is 0 Å². The van der Waals surface area contributed by atoms with Crippen molar-refractivity contribution in [2.24, 2.45) is 5.73 Å². The maximum atomic E-state index is 9.84. The van der Waals surface area contributed by atoms with Crippen LogP contribution in [0.15, 0.2) is 11.8 Å². The van der Waals surface area contributed by atoms with E-state index in [1.165, 1.54) is 6.07 Å². The summed E-state index contributed by atoms with van der Waals surface area (Å²) in [6.45, 7) is 0. The number of carbonyl (C=O) groups is 1. The first-order valence-electron chi connectivity index (χ1n) is 1.77. The summed E-state index contributed by atoms with van der Waals surface area (Å²) in [6.07, 6.45) is 0.669. The molecule has 0 aliphatic carbocycles. The smallest absolute Gasteiger partial charge is 0.284 e. The summed E-state index contributed by atoms with van der Waals surface area (Å²) in [6, 6.07) is 1.44. The number of amides is 1. The van der Waals surface area contributed by atoms with Crippen molar-refractivity contribution in [3.8, 4) is 6.07 Å². The Bertz CT molecular complexity index is 165. The zero-order valence-electron chi connectivity index (χ0n) is 3.96. The van der Waals surface area contributed by atoms with Crippen LogP contribution < -0.4 is 5.73 Å². The molecule has 0 fully saturated rings. The van der Waals surface area contributed by atoms with Crippen LogP contribution in [0.25, 0.3) is 0 Å². The molecular weight excluding hydrogens is 108 g/mol. The molecule has 0 saturated heterocycles. The van der Waals surface area contributed by atoms with Gasteiger partial charge in [0.15, 0.2) is 5.76 Å². The number of primary amides is 1. The number of allylic oxidation sites excluding steroid dienone is 1. The van der Waals surface area contributed by atoms with E-state index in [0.717, 1.165) is 0 Å². The Morgan fingerprint density at radius 3 is 2.50 bits per heavy atom. The molecule has 0 atom stereocenters. The Balaban J connectivity index is 4.06. The summed E-state index contributed by atoms with van der Waals surface area (Å²) < 4.78 is 0. The second-order valence-electron chi connectivity index (χ2n) is 1.02. The van der Waals surface area contributed by atoms with Crippen molar-refractivity contribution in [1.82, 2.24) is 0 Å². The summed E-state index contributed by atoms with van der Waals surface area (Å²) in [7, 11) is 0. The number of aliphatic hydroxyl groups excluding tert-OH is 1. The Kier molecular flexibility index (Phi) is 2.14. The van der Waals surface area contributed by atoms with Gasteiger partial charge >= 0.3 is 0 Å². The highest BCUT2D eigenvalue weighted by atomic mass is 16.3. The van der Waals surface area contributed by atoms with E-state index in [1.54, 1.807) is 0 Å². The van der Waals surface area contributed by atoms with Crippen molar-refractivity contribution in [2.45, 2.75) is 0 Å². The number of rotatable bonds is 1. The van der Waals surface area contributed by atoms with Crippen LogP contribution in [0, 0.1) is 11.3 Å². The predicted molar refractivity (Wildman–Crippen MR) is 25.5 cm³/mol. The quantitative estimate of drug-likeness (QED) is 0.270. The number of hydrogen-bond donors (Lipinski definition) is 2. The summed E-state index contributed by atoms with van der Waals surface area (Å²) in [5.41, 5.74) is 4.51. The van der Waals surface area contributed by atoms with Gasteiger partial charge in [0.2, 0.25) is 0 Å². The van der Waals surface area contributed by atoms with E-state index in [1.807, 2.05) is 0 Å². The van der Waals surface area contributed by atoms with E-state index >= 15 is 0 Å². The average molecular weight is 112 g/mol. The molecule has 4 heteroatoms. The maximum absolute atomic E-state index is 9.84. The Hall–Kier alpha value is -1.50. The molecular formula is C4H4N2O2. The number of nitrogens with zero attached hydrogens (tertiary/aromatic N) is 1. The number of aliphatic hydroxyl groups is 1. The fourth-order valence-corrected chi connectivity index (χ4v) is 0.132. The van der Waals surface area contributed by atoms with Crippen molar-refractivity contribution in [3.63, 3.8) is 0 Å². The zero-order chi connectivity index (χ0) is 6.57. The van der Waals surface area contributed by atoms with E-state index < -0.39 is 11.7 Å². The van der Waals surface area contributed by atoms with Gasteiger partial charge in [0, 0.05) is 0 Å². The highest BCUT2D eigenvalue weighted by Gasteiger charge is 1.96. The molecule has 42 valence electrons. The highest BCUT2D eigenvalue weighted by Crippen LogP contribution is 1.80. The Labute approximate surface area is 45.8 Å². The molecule has 4 nitrogen and oxygen atoms in total.